The van der Waals surface area contributed by atoms with Crippen molar-refractivity contribution in [2.75, 3.05) is 18.5 Å². The molecule has 0 radical (unpaired) electrons. The largest absolute Gasteiger partial charge is 0.494 e. The normalized spacial score (nSPS) is 15.2. The zero-order valence-electron chi connectivity index (χ0n) is 15.6. The summed E-state index contributed by atoms with van der Waals surface area (Å²) in [4.78, 5) is 26.8. The summed E-state index contributed by atoms with van der Waals surface area (Å²) in [7, 11) is 0. The van der Waals surface area contributed by atoms with Gasteiger partial charge in [-0.25, -0.2) is 0 Å². The minimum Gasteiger partial charge on any atom is -0.494 e. The van der Waals surface area contributed by atoms with Crippen LogP contribution in [0.2, 0.25) is 0 Å². The molecule has 144 valence electrons. The molecule has 1 heterocycles. The number of thiocarbonyl (C=S) groups is 1. The van der Waals surface area contributed by atoms with E-state index in [1.54, 1.807) is 30.3 Å². The lowest BCUT2D eigenvalue weighted by Crippen LogP contribution is -2.36. The molecule has 5 nitrogen and oxygen atoms in total. The van der Waals surface area contributed by atoms with E-state index in [0.717, 1.165) is 16.9 Å². The van der Waals surface area contributed by atoms with Crippen LogP contribution in [0.1, 0.15) is 18.1 Å². The van der Waals surface area contributed by atoms with E-state index in [-0.39, 0.29) is 18.4 Å². The third kappa shape index (κ3) is 4.99. The van der Waals surface area contributed by atoms with E-state index in [4.69, 9.17) is 17.0 Å². The van der Waals surface area contributed by atoms with Crippen molar-refractivity contribution in [1.82, 2.24) is 4.90 Å². The molecule has 1 fully saturated rings. The van der Waals surface area contributed by atoms with Crippen LogP contribution in [-0.4, -0.2) is 34.2 Å². The van der Waals surface area contributed by atoms with E-state index in [1.165, 1.54) is 16.7 Å². The molecule has 7 heteroatoms. The SMILES string of the molecule is CCOc1ccc(NC(=O)CN2C(=O)C(=Cc3ccc(C)cc3)SC2=S)cc1. The summed E-state index contributed by atoms with van der Waals surface area (Å²) in [6.45, 7) is 4.37. The topological polar surface area (TPSA) is 58.6 Å². The van der Waals surface area contributed by atoms with Gasteiger partial charge in [0, 0.05) is 5.69 Å². The number of nitrogens with zero attached hydrogens (tertiary/aromatic N) is 1. The van der Waals surface area contributed by atoms with Crippen LogP contribution in [0, 0.1) is 6.92 Å². The first-order valence-corrected chi connectivity index (χ1v) is 10.0. The van der Waals surface area contributed by atoms with Crippen LogP contribution in [0.4, 0.5) is 5.69 Å². The number of thioether (sulfide) groups is 1. The molecule has 0 atom stereocenters. The Balaban J connectivity index is 1.63. The molecule has 3 rings (SSSR count). The molecule has 1 N–H and O–H groups in total. The monoisotopic (exact) mass is 412 g/mol. The summed E-state index contributed by atoms with van der Waals surface area (Å²) in [5.74, 6) is 0.174. The van der Waals surface area contributed by atoms with E-state index >= 15 is 0 Å². The summed E-state index contributed by atoms with van der Waals surface area (Å²) in [6, 6.07) is 14.9. The van der Waals surface area contributed by atoms with Gasteiger partial charge in [0.25, 0.3) is 5.91 Å². The van der Waals surface area contributed by atoms with Crippen LogP contribution >= 0.6 is 24.0 Å². The average molecular weight is 413 g/mol. The highest BCUT2D eigenvalue weighted by molar-refractivity contribution is 8.26. The van der Waals surface area contributed by atoms with Crippen molar-refractivity contribution < 1.29 is 14.3 Å². The summed E-state index contributed by atoms with van der Waals surface area (Å²) >= 11 is 6.50. The summed E-state index contributed by atoms with van der Waals surface area (Å²) in [5.41, 5.74) is 2.70. The van der Waals surface area contributed by atoms with E-state index in [1.807, 2.05) is 38.1 Å². The summed E-state index contributed by atoms with van der Waals surface area (Å²) in [5, 5.41) is 2.77. The fraction of sp³-hybridized carbons (Fsp3) is 0.190. The zero-order chi connectivity index (χ0) is 20.1. The Bertz CT molecular complexity index is 922. The Morgan fingerprint density at radius 2 is 1.86 bits per heavy atom. The number of nitrogens with one attached hydrogen (secondary N) is 1. The van der Waals surface area contributed by atoms with Gasteiger partial charge in [-0.05, 0) is 49.8 Å². The van der Waals surface area contributed by atoms with Crippen molar-refractivity contribution in [1.29, 1.82) is 0 Å². The Morgan fingerprint density at radius 1 is 1.18 bits per heavy atom. The lowest BCUT2D eigenvalue weighted by Gasteiger charge is -2.14. The van der Waals surface area contributed by atoms with Crippen molar-refractivity contribution in [2.45, 2.75) is 13.8 Å². The van der Waals surface area contributed by atoms with Crippen LogP contribution in [0.25, 0.3) is 6.08 Å². The molecule has 2 aromatic carbocycles. The fourth-order valence-corrected chi connectivity index (χ4v) is 3.85. The van der Waals surface area contributed by atoms with Gasteiger partial charge in [-0.2, -0.15) is 0 Å². The Kier molecular flexibility index (Phi) is 6.49. The minimum atomic E-state index is -0.308. The van der Waals surface area contributed by atoms with Crippen molar-refractivity contribution in [3.05, 3.63) is 64.6 Å². The van der Waals surface area contributed by atoms with E-state index in [2.05, 4.69) is 5.32 Å². The molecule has 2 aromatic rings. The van der Waals surface area contributed by atoms with E-state index in [0.29, 0.717) is 21.5 Å². The Labute approximate surface area is 173 Å². The molecule has 1 saturated heterocycles. The number of aryl methyl sites for hydroxylation is 1. The molecule has 0 unspecified atom stereocenters. The van der Waals surface area contributed by atoms with Crippen molar-refractivity contribution >= 4 is 51.9 Å². The molecule has 0 spiro atoms. The molecule has 0 bridgehead atoms. The number of hydrogen-bond donors (Lipinski definition) is 1. The second-order valence-electron chi connectivity index (χ2n) is 6.18. The quantitative estimate of drug-likeness (QED) is 0.568. The number of rotatable bonds is 6. The smallest absolute Gasteiger partial charge is 0.266 e. The predicted octanol–water partition coefficient (Wildman–Crippen LogP) is 4.23. The fourth-order valence-electron chi connectivity index (χ4n) is 2.60. The third-order valence-corrected chi connectivity index (χ3v) is 5.38. The highest BCUT2D eigenvalue weighted by Gasteiger charge is 2.33. The molecule has 0 aliphatic carbocycles. The summed E-state index contributed by atoms with van der Waals surface area (Å²) in [6.07, 6.45) is 1.79. The van der Waals surface area contributed by atoms with E-state index < -0.39 is 0 Å². The standard InChI is InChI=1S/C21H20N2O3S2/c1-3-26-17-10-8-16(9-11-17)22-19(24)13-23-20(25)18(28-21(23)27)12-15-6-4-14(2)5-7-15/h4-12H,3,13H2,1-2H3,(H,22,24). The molecule has 2 amide bonds. The van der Waals surface area contributed by atoms with Crippen molar-refractivity contribution in [2.24, 2.45) is 0 Å². The van der Waals surface area contributed by atoms with Gasteiger partial charge in [-0.15, -0.1) is 0 Å². The maximum absolute atomic E-state index is 12.6. The molecule has 0 saturated carbocycles. The second-order valence-corrected chi connectivity index (χ2v) is 7.86. The number of hydrogen-bond acceptors (Lipinski definition) is 5. The third-order valence-electron chi connectivity index (χ3n) is 4.00. The lowest BCUT2D eigenvalue weighted by atomic mass is 10.1. The van der Waals surface area contributed by atoms with Gasteiger partial charge in [0.05, 0.1) is 11.5 Å². The maximum Gasteiger partial charge on any atom is 0.266 e. The zero-order valence-corrected chi connectivity index (χ0v) is 17.2. The maximum atomic E-state index is 12.6. The van der Waals surface area contributed by atoms with Gasteiger partial charge < -0.3 is 10.1 Å². The van der Waals surface area contributed by atoms with Gasteiger partial charge in [0.15, 0.2) is 0 Å². The van der Waals surface area contributed by atoms with Gasteiger partial charge in [0.1, 0.15) is 16.6 Å². The lowest BCUT2D eigenvalue weighted by molar-refractivity contribution is -0.126. The number of benzene rings is 2. The molecule has 28 heavy (non-hydrogen) atoms. The average Bonchev–Trinajstić information content (AvgIpc) is 2.93. The first-order chi connectivity index (χ1) is 13.5. The van der Waals surface area contributed by atoms with Crippen LogP contribution in [0.15, 0.2) is 53.4 Å². The first-order valence-electron chi connectivity index (χ1n) is 8.81. The molecule has 1 aliphatic heterocycles. The molecular weight excluding hydrogens is 392 g/mol. The first kappa shape index (κ1) is 20.1. The minimum absolute atomic E-state index is 0.122. The molecular formula is C21H20N2O3S2. The molecule has 0 aromatic heterocycles. The van der Waals surface area contributed by atoms with Crippen molar-refractivity contribution in [3.8, 4) is 5.75 Å². The number of anilines is 1. The van der Waals surface area contributed by atoms with Gasteiger partial charge >= 0.3 is 0 Å². The number of carbonyl (C=O) groups is 2. The molecule has 1 aliphatic rings. The van der Waals surface area contributed by atoms with Gasteiger partial charge in [-0.1, -0.05) is 53.8 Å². The number of carbonyl (C=O) groups excluding carboxylic acids is 2. The van der Waals surface area contributed by atoms with Crippen LogP contribution in [-0.2, 0) is 9.59 Å². The van der Waals surface area contributed by atoms with E-state index in [9.17, 15) is 9.59 Å². The highest BCUT2D eigenvalue weighted by atomic mass is 32.2. The van der Waals surface area contributed by atoms with Crippen LogP contribution < -0.4 is 10.1 Å². The number of amides is 2. The van der Waals surface area contributed by atoms with Crippen molar-refractivity contribution in [3.63, 3.8) is 0 Å². The predicted molar refractivity (Wildman–Crippen MR) is 117 cm³/mol. The summed E-state index contributed by atoms with van der Waals surface area (Å²) < 4.78 is 5.76. The van der Waals surface area contributed by atoms with Crippen LogP contribution in [0.3, 0.4) is 0 Å². The van der Waals surface area contributed by atoms with Gasteiger partial charge in [-0.3, -0.25) is 14.5 Å². The van der Waals surface area contributed by atoms with Gasteiger partial charge in [0.2, 0.25) is 5.91 Å². The van der Waals surface area contributed by atoms with Crippen LogP contribution in [0.5, 0.6) is 5.75 Å². The second kappa shape index (κ2) is 9.03. The number of ether oxygens (including phenoxy) is 1. The Morgan fingerprint density at radius 3 is 2.50 bits per heavy atom. The Hall–Kier alpha value is -2.64. The highest BCUT2D eigenvalue weighted by Crippen LogP contribution is 2.32.